The number of aliphatic hydroxyl groups is 2. The summed E-state index contributed by atoms with van der Waals surface area (Å²) in [5.41, 5.74) is 0. The minimum absolute atomic E-state index is 0.0540. The third-order valence-corrected chi connectivity index (χ3v) is 4.09. The van der Waals surface area contributed by atoms with Crippen LogP contribution >= 0.6 is 7.60 Å². The van der Waals surface area contributed by atoms with E-state index in [9.17, 15) is 4.57 Å². The van der Waals surface area contributed by atoms with Gasteiger partial charge in [0, 0.05) is 13.1 Å². The standard InChI is InChI=1S/C11H26NO5P/c1-3-9-16-18(15,17-10-4-2)11-12(5-7-13)6-8-14/h13-14H,3-11H2,1-2H3. The predicted octanol–water partition coefficient (Wildman–Crippen LogP) is 1.28. The predicted molar refractivity (Wildman–Crippen MR) is 70.7 cm³/mol. The molecule has 0 aliphatic heterocycles. The van der Waals surface area contributed by atoms with Crippen LogP contribution in [0.25, 0.3) is 0 Å². The molecule has 18 heavy (non-hydrogen) atoms. The van der Waals surface area contributed by atoms with Gasteiger partial charge in [0.05, 0.1) is 26.4 Å². The molecule has 0 fully saturated rings. The Morgan fingerprint density at radius 2 is 1.44 bits per heavy atom. The first-order chi connectivity index (χ1) is 8.61. The van der Waals surface area contributed by atoms with Crippen molar-refractivity contribution in [2.75, 3.05) is 45.8 Å². The highest BCUT2D eigenvalue weighted by Gasteiger charge is 2.27. The zero-order valence-electron chi connectivity index (χ0n) is 11.4. The summed E-state index contributed by atoms with van der Waals surface area (Å²) in [5.74, 6) is 0. The Morgan fingerprint density at radius 1 is 1.00 bits per heavy atom. The van der Waals surface area contributed by atoms with Gasteiger partial charge >= 0.3 is 7.60 Å². The summed E-state index contributed by atoms with van der Waals surface area (Å²) in [6.45, 7) is 5.21. The lowest BCUT2D eigenvalue weighted by Gasteiger charge is -2.26. The van der Waals surface area contributed by atoms with Crippen molar-refractivity contribution in [3.05, 3.63) is 0 Å². The van der Waals surface area contributed by atoms with Gasteiger partial charge in [-0.1, -0.05) is 13.8 Å². The van der Waals surface area contributed by atoms with E-state index in [4.69, 9.17) is 19.3 Å². The number of nitrogens with zero attached hydrogens (tertiary/aromatic N) is 1. The van der Waals surface area contributed by atoms with Gasteiger partial charge in [-0.25, -0.2) is 0 Å². The molecule has 7 heteroatoms. The molecule has 6 nitrogen and oxygen atoms in total. The van der Waals surface area contributed by atoms with Crippen LogP contribution in [0.15, 0.2) is 0 Å². The van der Waals surface area contributed by atoms with Crippen LogP contribution in [0.1, 0.15) is 26.7 Å². The van der Waals surface area contributed by atoms with Gasteiger partial charge < -0.3 is 19.3 Å². The van der Waals surface area contributed by atoms with E-state index in [0.29, 0.717) is 26.3 Å². The fourth-order valence-corrected chi connectivity index (χ4v) is 3.29. The van der Waals surface area contributed by atoms with E-state index in [0.717, 1.165) is 12.8 Å². The van der Waals surface area contributed by atoms with Crippen molar-refractivity contribution in [1.82, 2.24) is 4.90 Å². The van der Waals surface area contributed by atoms with Gasteiger partial charge in [0.15, 0.2) is 0 Å². The molecule has 0 aliphatic carbocycles. The smallest absolute Gasteiger partial charge is 0.344 e. The van der Waals surface area contributed by atoms with Crippen LogP contribution < -0.4 is 0 Å². The first kappa shape index (κ1) is 18.0. The molecule has 0 aliphatic rings. The van der Waals surface area contributed by atoms with E-state index < -0.39 is 7.60 Å². The van der Waals surface area contributed by atoms with E-state index in [2.05, 4.69) is 0 Å². The Morgan fingerprint density at radius 3 is 1.78 bits per heavy atom. The molecule has 0 radical (unpaired) electrons. The summed E-state index contributed by atoms with van der Waals surface area (Å²) in [5, 5.41) is 17.8. The van der Waals surface area contributed by atoms with E-state index in [-0.39, 0.29) is 19.5 Å². The second-order valence-electron chi connectivity index (χ2n) is 3.98. The van der Waals surface area contributed by atoms with E-state index in [1.54, 1.807) is 4.90 Å². The molecular weight excluding hydrogens is 257 g/mol. The van der Waals surface area contributed by atoms with Gasteiger partial charge in [0.25, 0.3) is 0 Å². The van der Waals surface area contributed by atoms with Gasteiger partial charge in [0.1, 0.15) is 6.29 Å². The average molecular weight is 283 g/mol. The Kier molecular flexibility index (Phi) is 10.9. The number of hydrogen-bond acceptors (Lipinski definition) is 6. The van der Waals surface area contributed by atoms with Crippen molar-refractivity contribution < 1.29 is 23.8 Å². The summed E-state index contributed by atoms with van der Waals surface area (Å²) in [4.78, 5) is 1.69. The summed E-state index contributed by atoms with van der Waals surface area (Å²) < 4.78 is 23.1. The average Bonchev–Trinajstić information content (AvgIpc) is 2.35. The Balaban J connectivity index is 4.46. The van der Waals surface area contributed by atoms with Crippen LogP contribution in [0.3, 0.4) is 0 Å². The Bertz CT molecular complexity index is 221. The third-order valence-electron chi connectivity index (χ3n) is 2.19. The van der Waals surface area contributed by atoms with E-state index in [1.807, 2.05) is 13.8 Å². The van der Waals surface area contributed by atoms with Crippen molar-refractivity contribution in [2.24, 2.45) is 0 Å². The monoisotopic (exact) mass is 283 g/mol. The third kappa shape index (κ3) is 8.19. The maximum Gasteiger partial charge on any atom is 0.344 e. The van der Waals surface area contributed by atoms with Gasteiger partial charge in [-0.15, -0.1) is 0 Å². The summed E-state index contributed by atoms with van der Waals surface area (Å²) in [7, 11) is -3.16. The molecule has 0 aromatic heterocycles. The normalized spacial score (nSPS) is 12.3. The highest BCUT2D eigenvalue weighted by atomic mass is 31.2. The molecule has 0 unspecified atom stereocenters. The molecule has 0 bridgehead atoms. The molecule has 0 amide bonds. The molecule has 0 spiro atoms. The molecule has 0 saturated heterocycles. The first-order valence-corrected chi connectivity index (χ1v) is 8.16. The van der Waals surface area contributed by atoms with Crippen LogP contribution in [-0.4, -0.2) is 60.9 Å². The molecule has 0 aromatic rings. The second kappa shape index (κ2) is 10.9. The largest absolute Gasteiger partial charge is 0.395 e. The van der Waals surface area contributed by atoms with Gasteiger partial charge in [-0.3, -0.25) is 9.46 Å². The van der Waals surface area contributed by atoms with Crippen molar-refractivity contribution in [1.29, 1.82) is 0 Å². The van der Waals surface area contributed by atoms with Crippen molar-refractivity contribution in [3.63, 3.8) is 0 Å². The van der Waals surface area contributed by atoms with Crippen molar-refractivity contribution in [2.45, 2.75) is 26.7 Å². The zero-order valence-corrected chi connectivity index (χ0v) is 12.3. The molecule has 0 rings (SSSR count). The van der Waals surface area contributed by atoms with Gasteiger partial charge in [0.2, 0.25) is 0 Å². The minimum atomic E-state index is -3.16. The summed E-state index contributed by atoms with van der Waals surface area (Å²) in [6, 6.07) is 0. The van der Waals surface area contributed by atoms with E-state index in [1.165, 1.54) is 0 Å². The second-order valence-corrected chi connectivity index (χ2v) is 6.01. The fraction of sp³-hybridized carbons (Fsp3) is 1.00. The molecule has 0 aromatic carbocycles. The molecule has 0 saturated carbocycles. The zero-order chi connectivity index (χ0) is 13.9. The Labute approximate surface area is 109 Å². The lowest BCUT2D eigenvalue weighted by Crippen LogP contribution is -2.31. The maximum absolute atomic E-state index is 12.4. The maximum atomic E-state index is 12.4. The Hall–Kier alpha value is 0.0300. The van der Waals surface area contributed by atoms with Crippen LogP contribution in [0.4, 0.5) is 0 Å². The van der Waals surface area contributed by atoms with Crippen LogP contribution in [0.2, 0.25) is 0 Å². The summed E-state index contributed by atoms with van der Waals surface area (Å²) >= 11 is 0. The highest BCUT2D eigenvalue weighted by Crippen LogP contribution is 2.48. The lowest BCUT2D eigenvalue weighted by atomic mass is 10.5. The molecule has 0 atom stereocenters. The molecule has 0 heterocycles. The SMILES string of the molecule is CCCOP(=O)(CN(CCO)CCO)OCCC. The van der Waals surface area contributed by atoms with Crippen LogP contribution in [0.5, 0.6) is 0 Å². The van der Waals surface area contributed by atoms with Crippen molar-refractivity contribution in [3.8, 4) is 0 Å². The fourth-order valence-electron chi connectivity index (χ4n) is 1.36. The highest BCUT2D eigenvalue weighted by molar-refractivity contribution is 7.53. The minimum Gasteiger partial charge on any atom is -0.395 e. The van der Waals surface area contributed by atoms with Crippen LogP contribution in [-0.2, 0) is 13.6 Å². The molecule has 110 valence electrons. The number of rotatable bonds is 12. The first-order valence-electron chi connectivity index (χ1n) is 6.44. The van der Waals surface area contributed by atoms with Gasteiger partial charge in [-0.05, 0) is 12.8 Å². The molecular formula is C11H26NO5P. The van der Waals surface area contributed by atoms with Crippen molar-refractivity contribution >= 4 is 7.60 Å². The van der Waals surface area contributed by atoms with E-state index >= 15 is 0 Å². The number of hydrogen-bond donors (Lipinski definition) is 2. The van der Waals surface area contributed by atoms with Gasteiger partial charge in [-0.2, -0.15) is 0 Å². The quantitative estimate of drug-likeness (QED) is 0.525. The molecule has 2 N–H and O–H groups in total. The number of aliphatic hydroxyl groups excluding tert-OH is 2. The summed E-state index contributed by atoms with van der Waals surface area (Å²) in [6.07, 6.45) is 1.63. The van der Waals surface area contributed by atoms with Crippen LogP contribution in [0, 0.1) is 0 Å². The lowest BCUT2D eigenvalue weighted by molar-refractivity contribution is 0.151. The topological polar surface area (TPSA) is 79.2 Å².